The highest BCUT2D eigenvalue weighted by atomic mass is 16.5. The van der Waals surface area contributed by atoms with Gasteiger partial charge in [-0.3, -0.25) is 4.79 Å². The molecule has 1 aliphatic rings. The van der Waals surface area contributed by atoms with Gasteiger partial charge < -0.3 is 14.6 Å². The third-order valence-corrected chi connectivity index (χ3v) is 4.51. The maximum absolute atomic E-state index is 12.6. The summed E-state index contributed by atoms with van der Waals surface area (Å²) in [5.41, 5.74) is 1.93. The molecule has 1 aromatic carbocycles. The van der Waals surface area contributed by atoms with Crippen LogP contribution in [0.15, 0.2) is 24.3 Å². The highest BCUT2D eigenvalue weighted by Crippen LogP contribution is 2.23. The SMILES string of the molecule is CC[C@@H](OC1CCCC1)C(=O)N(C)Cc1nc2ccccc2[nH]1. The Morgan fingerprint density at radius 1 is 1.39 bits per heavy atom. The second-order valence-corrected chi connectivity index (χ2v) is 6.33. The fourth-order valence-corrected chi connectivity index (χ4v) is 3.21. The van der Waals surface area contributed by atoms with Crippen molar-refractivity contribution in [1.29, 1.82) is 0 Å². The Hall–Kier alpha value is -1.88. The van der Waals surface area contributed by atoms with Gasteiger partial charge in [0, 0.05) is 7.05 Å². The molecule has 0 aliphatic heterocycles. The normalized spacial score (nSPS) is 16.8. The fraction of sp³-hybridized carbons (Fsp3) is 0.556. The molecule has 0 spiro atoms. The second kappa shape index (κ2) is 7.13. The number of nitrogens with zero attached hydrogens (tertiary/aromatic N) is 2. The van der Waals surface area contributed by atoms with Gasteiger partial charge >= 0.3 is 0 Å². The Labute approximate surface area is 137 Å². The van der Waals surface area contributed by atoms with E-state index in [0.717, 1.165) is 29.7 Å². The number of amides is 1. The molecule has 1 atom stereocenters. The molecule has 23 heavy (non-hydrogen) atoms. The van der Waals surface area contributed by atoms with E-state index in [1.807, 2.05) is 38.2 Å². The van der Waals surface area contributed by atoms with Crippen LogP contribution in [0, 0.1) is 0 Å². The lowest BCUT2D eigenvalue weighted by Crippen LogP contribution is -2.39. The molecule has 124 valence electrons. The van der Waals surface area contributed by atoms with Gasteiger partial charge in [0.2, 0.25) is 0 Å². The molecular formula is C18H25N3O2. The zero-order valence-electron chi connectivity index (χ0n) is 13.9. The van der Waals surface area contributed by atoms with Crippen LogP contribution >= 0.6 is 0 Å². The number of hydrogen-bond acceptors (Lipinski definition) is 3. The van der Waals surface area contributed by atoms with Gasteiger partial charge in [-0.05, 0) is 31.4 Å². The largest absolute Gasteiger partial charge is 0.365 e. The molecule has 1 aliphatic carbocycles. The summed E-state index contributed by atoms with van der Waals surface area (Å²) in [6.07, 6.45) is 5.21. The number of carbonyl (C=O) groups is 1. The van der Waals surface area contributed by atoms with E-state index in [2.05, 4.69) is 9.97 Å². The van der Waals surface area contributed by atoms with E-state index in [0.29, 0.717) is 13.0 Å². The Kier molecular flexibility index (Phi) is 4.96. The predicted molar refractivity (Wildman–Crippen MR) is 90.0 cm³/mol. The molecule has 1 heterocycles. The van der Waals surface area contributed by atoms with Gasteiger partial charge in [-0.2, -0.15) is 0 Å². The predicted octanol–water partition coefficient (Wildman–Crippen LogP) is 3.26. The van der Waals surface area contributed by atoms with Crippen molar-refractivity contribution in [2.45, 2.75) is 57.8 Å². The Morgan fingerprint density at radius 3 is 2.83 bits per heavy atom. The molecule has 0 saturated heterocycles. The Bertz CT molecular complexity index is 628. The molecule has 0 radical (unpaired) electrons. The number of rotatable bonds is 6. The maximum atomic E-state index is 12.6. The smallest absolute Gasteiger partial charge is 0.251 e. The van der Waals surface area contributed by atoms with Crippen LogP contribution in [0.4, 0.5) is 0 Å². The first-order valence-electron chi connectivity index (χ1n) is 8.51. The minimum atomic E-state index is -0.340. The first-order chi connectivity index (χ1) is 11.2. The summed E-state index contributed by atoms with van der Waals surface area (Å²) in [5, 5.41) is 0. The molecule has 1 aromatic heterocycles. The first-order valence-corrected chi connectivity index (χ1v) is 8.51. The van der Waals surface area contributed by atoms with Crippen LogP contribution in [0.5, 0.6) is 0 Å². The van der Waals surface area contributed by atoms with Crippen molar-refractivity contribution in [2.75, 3.05) is 7.05 Å². The van der Waals surface area contributed by atoms with Gasteiger partial charge in [-0.15, -0.1) is 0 Å². The molecule has 1 saturated carbocycles. The zero-order valence-corrected chi connectivity index (χ0v) is 13.9. The number of para-hydroxylation sites is 2. The number of imidazole rings is 1. The number of aromatic nitrogens is 2. The van der Waals surface area contributed by atoms with Gasteiger partial charge in [0.25, 0.3) is 5.91 Å². The van der Waals surface area contributed by atoms with E-state index >= 15 is 0 Å². The number of carbonyl (C=O) groups excluding carboxylic acids is 1. The number of aromatic amines is 1. The van der Waals surface area contributed by atoms with E-state index < -0.39 is 0 Å². The van der Waals surface area contributed by atoms with Crippen molar-refractivity contribution in [3.8, 4) is 0 Å². The summed E-state index contributed by atoms with van der Waals surface area (Å²) in [7, 11) is 1.82. The fourth-order valence-electron chi connectivity index (χ4n) is 3.21. The van der Waals surface area contributed by atoms with Crippen LogP contribution in [0.3, 0.4) is 0 Å². The molecule has 2 aromatic rings. The van der Waals surface area contributed by atoms with Crippen LogP contribution in [-0.4, -0.2) is 40.0 Å². The van der Waals surface area contributed by atoms with E-state index in [-0.39, 0.29) is 18.1 Å². The third kappa shape index (κ3) is 3.72. The van der Waals surface area contributed by atoms with Gasteiger partial charge in [-0.25, -0.2) is 4.98 Å². The number of hydrogen-bond donors (Lipinski definition) is 1. The van der Waals surface area contributed by atoms with E-state index in [1.165, 1.54) is 12.8 Å². The standard InChI is InChI=1S/C18H25N3O2/c1-3-16(23-13-8-4-5-9-13)18(22)21(2)12-17-19-14-10-6-7-11-15(14)20-17/h6-7,10-11,13,16H,3-5,8-9,12H2,1-2H3,(H,19,20)/t16-/m1/s1. The highest BCUT2D eigenvalue weighted by molar-refractivity contribution is 5.81. The lowest BCUT2D eigenvalue weighted by Gasteiger charge is -2.25. The topological polar surface area (TPSA) is 58.2 Å². The number of ether oxygens (including phenoxy) is 1. The third-order valence-electron chi connectivity index (χ3n) is 4.51. The van der Waals surface area contributed by atoms with Crippen molar-refractivity contribution < 1.29 is 9.53 Å². The zero-order chi connectivity index (χ0) is 16.2. The molecule has 1 fully saturated rings. The van der Waals surface area contributed by atoms with E-state index in [1.54, 1.807) is 4.90 Å². The summed E-state index contributed by atoms with van der Waals surface area (Å²) in [4.78, 5) is 22.1. The lowest BCUT2D eigenvalue weighted by molar-refractivity contribution is -0.147. The molecule has 3 rings (SSSR count). The molecule has 1 N–H and O–H groups in total. The van der Waals surface area contributed by atoms with Gasteiger partial charge in [0.05, 0.1) is 23.7 Å². The Balaban J connectivity index is 1.63. The average Bonchev–Trinajstić information content (AvgIpc) is 3.20. The quantitative estimate of drug-likeness (QED) is 0.890. The number of benzene rings is 1. The van der Waals surface area contributed by atoms with Crippen molar-refractivity contribution in [3.63, 3.8) is 0 Å². The highest BCUT2D eigenvalue weighted by Gasteiger charge is 2.26. The second-order valence-electron chi connectivity index (χ2n) is 6.33. The summed E-state index contributed by atoms with van der Waals surface area (Å²) in [5.74, 6) is 0.845. The molecular weight excluding hydrogens is 290 g/mol. The van der Waals surface area contributed by atoms with Gasteiger partial charge in [0.15, 0.2) is 0 Å². The lowest BCUT2D eigenvalue weighted by atomic mass is 10.2. The minimum absolute atomic E-state index is 0.0415. The van der Waals surface area contributed by atoms with Crippen molar-refractivity contribution in [2.24, 2.45) is 0 Å². The number of H-pyrrole nitrogens is 1. The van der Waals surface area contributed by atoms with Crippen LogP contribution < -0.4 is 0 Å². The van der Waals surface area contributed by atoms with Crippen molar-refractivity contribution in [3.05, 3.63) is 30.1 Å². The van der Waals surface area contributed by atoms with Crippen LogP contribution in [0.2, 0.25) is 0 Å². The molecule has 0 unspecified atom stereocenters. The van der Waals surface area contributed by atoms with Crippen molar-refractivity contribution in [1.82, 2.24) is 14.9 Å². The monoisotopic (exact) mass is 315 g/mol. The molecule has 0 bridgehead atoms. The maximum Gasteiger partial charge on any atom is 0.251 e. The summed E-state index contributed by atoms with van der Waals surface area (Å²) in [6.45, 7) is 2.48. The van der Waals surface area contributed by atoms with E-state index in [4.69, 9.17) is 4.74 Å². The Morgan fingerprint density at radius 2 is 2.13 bits per heavy atom. The summed E-state index contributed by atoms with van der Waals surface area (Å²) < 4.78 is 6.02. The number of likely N-dealkylation sites (N-methyl/N-ethyl adjacent to an activating group) is 1. The van der Waals surface area contributed by atoms with Crippen LogP contribution in [0.1, 0.15) is 44.9 Å². The molecule has 1 amide bonds. The van der Waals surface area contributed by atoms with Gasteiger partial charge in [-0.1, -0.05) is 31.9 Å². The van der Waals surface area contributed by atoms with E-state index in [9.17, 15) is 4.79 Å². The van der Waals surface area contributed by atoms with Crippen molar-refractivity contribution >= 4 is 16.9 Å². The van der Waals surface area contributed by atoms with Crippen LogP contribution in [0.25, 0.3) is 11.0 Å². The first kappa shape index (κ1) is 16.0. The number of nitrogens with one attached hydrogen (secondary N) is 1. The number of fused-ring (bicyclic) bond motifs is 1. The summed E-state index contributed by atoms with van der Waals surface area (Å²) in [6, 6.07) is 7.90. The minimum Gasteiger partial charge on any atom is -0.365 e. The summed E-state index contributed by atoms with van der Waals surface area (Å²) >= 11 is 0. The average molecular weight is 315 g/mol. The molecule has 5 nitrogen and oxygen atoms in total. The van der Waals surface area contributed by atoms with Crippen LogP contribution in [-0.2, 0) is 16.1 Å². The molecule has 5 heteroatoms. The van der Waals surface area contributed by atoms with Gasteiger partial charge in [0.1, 0.15) is 11.9 Å².